The SMILES string of the molecule is O=C(O)c1cc([N+](=O)[O-])cc2c1N(C(=O)C(F)(F)F)CC2. The number of hydrogen-bond donors (Lipinski definition) is 1. The Morgan fingerprint density at radius 1 is 1.33 bits per heavy atom. The molecule has 0 bridgehead atoms. The summed E-state index contributed by atoms with van der Waals surface area (Å²) in [6.07, 6.45) is -5.24. The number of carbonyl (C=O) groups excluding carboxylic acids is 1. The molecule has 7 nitrogen and oxygen atoms in total. The molecule has 0 aromatic heterocycles. The third kappa shape index (κ3) is 2.51. The second-order valence-corrected chi connectivity index (χ2v) is 4.27. The van der Waals surface area contributed by atoms with Crippen LogP contribution in [0.15, 0.2) is 12.1 Å². The van der Waals surface area contributed by atoms with Crippen LogP contribution in [-0.2, 0) is 11.2 Å². The van der Waals surface area contributed by atoms with Crippen molar-refractivity contribution < 1.29 is 32.8 Å². The van der Waals surface area contributed by atoms with Gasteiger partial charge in [0.2, 0.25) is 0 Å². The fourth-order valence-electron chi connectivity index (χ4n) is 2.16. The lowest BCUT2D eigenvalue weighted by atomic mass is 10.1. The molecule has 1 heterocycles. The molecule has 0 radical (unpaired) electrons. The van der Waals surface area contributed by atoms with Gasteiger partial charge in [-0.3, -0.25) is 14.9 Å². The number of hydrogen-bond acceptors (Lipinski definition) is 4. The summed E-state index contributed by atoms with van der Waals surface area (Å²) in [6.45, 7) is -0.380. The number of amides is 1. The molecule has 0 atom stereocenters. The zero-order valence-electron chi connectivity index (χ0n) is 10.2. The van der Waals surface area contributed by atoms with Crippen molar-refractivity contribution in [3.05, 3.63) is 33.4 Å². The van der Waals surface area contributed by atoms with Gasteiger partial charge in [0.15, 0.2) is 0 Å². The summed E-state index contributed by atoms with van der Waals surface area (Å²) >= 11 is 0. The van der Waals surface area contributed by atoms with E-state index in [2.05, 4.69) is 0 Å². The van der Waals surface area contributed by atoms with Gasteiger partial charge in [-0.05, 0) is 12.0 Å². The lowest BCUT2D eigenvalue weighted by Gasteiger charge is -2.20. The monoisotopic (exact) mass is 304 g/mol. The first-order valence-corrected chi connectivity index (χ1v) is 5.56. The molecule has 2 rings (SSSR count). The van der Waals surface area contributed by atoms with Crippen LogP contribution in [-0.4, -0.2) is 34.6 Å². The molecule has 0 spiro atoms. The van der Waals surface area contributed by atoms with E-state index in [1.165, 1.54) is 0 Å². The van der Waals surface area contributed by atoms with Crippen molar-refractivity contribution in [2.24, 2.45) is 0 Å². The number of nitro groups is 1. The maximum absolute atomic E-state index is 12.5. The van der Waals surface area contributed by atoms with E-state index >= 15 is 0 Å². The van der Waals surface area contributed by atoms with Crippen molar-refractivity contribution in [1.82, 2.24) is 0 Å². The van der Waals surface area contributed by atoms with Gasteiger partial charge in [-0.25, -0.2) is 4.79 Å². The van der Waals surface area contributed by atoms with Crippen LogP contribution < -0.4 is 4.90 Å². The van der Waals surface area contributed by atoms with E-state index in [0.717, 1.165) is 6.07 Å². The van der Waals surface area contributed by atoms with Crippen molar-refractivity contribution in [3.63, 3.8) is 0 Å². The lowest BCUT2D eigenvalue weighted by molar-refractivity contribution is -0.384. The minimum atomic E-state index is -5.15. The van der Waals surface area contributed by atoms with Gasteiger partial charge in [0.05, 0.1) is 16.2 Å². The molecule has 1 amide bonds. The van der Waals surface area contributed by atoms with Gasteiger partial charge < -0.3 is 10.0 Å². The van der Waals surface area contributed by atoms with Crippen LogP contribution in [0.5, 0.6) is 0 Å². The van der Waals surface area contributed by atoms with Crippen molar-refractivity contribution in [1.29, 1.82) is 0 Å². The highest BCUT2D eigenvalue weighted by Gasteiger charge is 2.46. The molecule has 112 valence electrons. The highest BCUT2D eigenvalue weighted by atomic mass is 19.4. The summed E-state index contributed by atoms with van der Waals surface area (Å²) in [4.78, 5) is 32.6. The van der Waals surface area contributed by atoms with Crippen molar-refractivity contribution in [2.45, 2.75) is 12.6 Å². The maximum Gasteiger partial charge on any atom is 0.471 e. The minimum Gasteiger partial charge on any atom is -0.478 e. The van der Waals surface area contributed by atoms with Gasteiger partial charge in [-0.2, -0.15) is 13.2 Å². The fourth-order valence-corrected chi connectivity index (χ4v) is 2.16. The number of carboxylic acid groups (broad SMARTS) is 1. The number of nitro benzene ring substituents is 1. The molecule has 0 saturated carbocycles. The third-order valence-corrected chi connectivity index (χ3v) is 2.98. The predicted octanol–water partition coefficient (Wildman–Crippen LogP) is 1.74. The number of non-ortho nitro benzene ring substituents is 1. The van der Waals surface area contributed by atoms with Crippen molar-refractivity contribution in [2.75, 3.05) is 11.4 Å². The first-order chi connectivity index (χ1) is 9.62. The summed E-state index contributed by atoms with van der Waals surface area (Å²) < 4.78 is 37.5. The van der Waals surface area contributed by atoms with Crippen LogP contribution >= 0.6 is 0 Å². The molecular weight excluding hydrogens is 297 g/mol. The first-order valence-electron chi connectivity index (χ1n) is 5.56. The number of carbonyl (C=O) groups is 2. The van der Waals surface area contributed by atoms with Crippen LogP contribution in [0.2, 0.25) is 0 Å². The lowest BCUT2D eigenvalue weighted by Crippen LogP contribution is -2.40. The molecule has 21 heavy (non-hydrogen) atoms. The highest BCUT2D eigenvalue weighted by Crippen LogP contribution is 2.37. The Balaban J connectivity index is 2.60. The molecule has 1 aromatic carbocycles. The van der Waals surface area contributed by atoms with Gasteiger partial charge >= 0.3 is 18.1 Å². The van der Waals surface area contributed by atoms with Crippen LogP contribution in [0.25, 0.3) is 0 Å². The largest absolute Gasteiger partial charge is 0.478 e. The molecule has 1 aromatic rings. The second kappa shape index (κ2) is 4.72. The van der Waals surface area contributed by atoms with Crippen LogP contribution in [0.4, 0.5) is 24.5 Å². The summed E-state index contributed by atoms with van der Waals surface area (Å²) in [6, 6.07) is 1.62. The zero-order valence-corrected chi connectivity index (χ0v) is 10.2. The number of rotatable bonds is 2. The molecule has 10 heteroatoms. The van der Waals surface area contributed by atoms with Crippen LogP contribution in [0, 0.1) is 10.1 Å². The van der Waals surface area contributed by atoms with E-state index < -0.39 is 39.9 Å². The molecule has 1 aliphatic heterocycles. The first kappa shape index (κ1) is 14.8. The summed E-state index contributed by atoms with van der Waals surface area (Å²) in [7, 11) is 0. The average Bonchev–Trinajstić information content (AvgIpc) is 2.78. The maximum atomic E-state index is 12.5. The number of carboxylic acids is 1. The number of nitrogens with zero attached hydrogens (tertiary/aromatic N) is 2. The van der Waals surface area contributed by atoms with Gasteiger partial charge in [0.1, 0.15) is 0 Å². The van der Waals surface area contributed by atoms with E-state index in [9.17, 15) is 32.9 Å². The molecule has 0 fully saturated rings. The number of aromatic carboxylic acids is 1. The summed E-state index contributed by atoms with van der Waals surface area (Å²) in [5.41, 5.74) is -1.66. The Morgan fingerprint density at radius 2 is 1.95 bits per heavy atom. The number of benzene rings is 1. The van der Waals surface area contributed by atoms with E-state index in [1.54, 1.807) is 0 Å². The second-order valence-electron chi connectivity index (χ2n) is 4.27. The van der Waals surface area contributed by atoms with Crippen LogP contribution in [0.1, 0.15) is 15.9 Å². The highest BCUT2D eigenvalue weighted by molar-refractivity contribution is 6.06. The van der Waals surface area contributed by atoms with Gasteiger partial charge in [0, 0.05) is 18.7 Å². The number of fused-ring (bicyclic) bond motifs is 1. The zero-order chi connectivity index (χ0) is 15.9. The van der Waals surface area contributed by atoms with E-state index in [-0.39, 0.29) is 18.5 Å². The Kier molecular flexibility index (Phi) is 3.32. The third-order valence-electron chi connectivity index (χ3n) is 2.98. The molecular formula is C11H7F3N2O5. The molecule has 1 aliphatic rings. The van der Waals surface area contributed by atoms with E-state index in [0.29, 0.717) is 11.0 Å². The normalized spacial score (nSPS) is 14.0. The summed E-state index contributed by atoms with van der Waals surface area (Å²) in [5.74, 6) is -3.84. The number of halogens is 3. The quantitative estimate of drug-likeness (QED) is 0.662. The average molecular weight is 304 g/mol. The predicted molar refractivity (Wildman–Crippen MR) is 62.2 cm³/mol. The number of alkyl halides is 3. The van der Waals surface area contributed by atoms with E-state index in [1.807, 2.05) is 0 Å². The smallest absolute Gasteiger partial charge is 0.471 e. The van der Waals surface area contributed by atoms with E-state index in [4.69, 9.17) is 5.11 Å². The Hall–Kier alpha value is -2.65. The standard InChI is InChI=1S/C11H7F3N2O5/c12-11(13,14)10(19)15-2-1-5-3-6(16(20)21)4-7(8(5)15)9(17)18/h3-4H,1-2H2,(H,17,18). The van der Waals surface area contributed by atoms with Crippen molar-refractivity contribution in [3.8, 4) is 0 Å². The summed E-state index contributed by atoms with van der Waals surface area (Å²) in [5, 5.41) is 19.7. The van der Waals surface area contributed by atoms with Crippen LogP contribution in [0.3, 0.4) is 0 Å². The molecule has 1 N–H and O–H groups in total. The van der Waals surface area contributed by atoms with Gasteiger partial charge in [-0.1, -0.05) is 0 Å². The molecule has 0 unspecified atom stereocenters. The Morgan fingerprint density at radius 3 is 2.43 bits per heavy atom. The van der Waals surface area contributed by atoms with Gasteiger partial charge in [0.25, 0.3) is 5.69 Å². The minimum absolute atomic E-state index is 0.0270. The number of anilines is 1. The Bertz CT molecular complexity index is 656. The molecule has 0 saturated heterocycles. The van der Waals surface area contributed by atoms with Crippen molar-refractivity contribution >= 4 is 23.3 Å². The molecule has 0 aliphatic carbocycles. The Labute approximate surface area is 114 Å². The van der Waals surface area contributed by atoms with Gasteiger partial charge in [-0.15, -0.1) is 0 Å². The fraction of sp³-hybridized carbons (Fsp3) is 0.273. The topological polar surface area (TPSA) is 101 Å².